The summed E-state index contributed by atoms with van der Waals surface area (Å²) in [4.78, 5) is 38.8. The summed E-state index contributed by atoms with van der Waals surface area (Å²) in [6, 6.07) is 19.6. The van der Waals surface area contributed by atoms with Gasteiger partial charge in [0.15, 0.2) is 5.78 Å². The molecular weight excluding hydrogens is 452 g/mol. The van der Waals surface area contributed by atoms with E-state index in [0.717, 1.165) is 0 Å². The normalized spacial score (nSPS) is 13.7. The van der Waals surface area contributed by atoms with Crippen LogP contribution in [-0.4, -0.2) is 51.8 Å². The lowest BCUT2D eigenvalue weighted by atomic mass is 9.80. The van der Waals surface area contributed by atoms with E-state index < -0.39 is 17.4 Å². The van der Waals surface area contributed by atoms with Gasteiger partial charge < -0.3 is 23.7 Å². The summed E-state index contributed by atoms with van der Waals surface area (Å²) in [5.74, 6) is 0.0349. The molecule has 0 amide bonds. The Morgan fingerprint density at radius 3 is 1.74 bits per heavy atom. The Hall–Kier alpha value is -4.33. The number of carbonyl (C=O) groups is 3. The van der Waals surface area contributed by atoms with Crippen molar-refractivity contribution < 1.29 is 38.1 Å². The molecule has 8 heteroatoms. The van der Waals surface area contributed by atoms with Gasteiger partial charge in [-0.05, 0) is 60.7 Å². The summed E-state index contributed by atoms with van der Waals surface area (Å²) >= 11 is 0. The van der Waals surface area contributed by atoms with Crippen LogP contribution in [0.5, 0.6) is 17.2 Å². The highest BCUT2D eigenvalue weighted by Gasteiger charge is 2.47. The molecule has 0 N–H and O–H groups in total. The molecule has 8 nitrogen and oxygen atoms in total. The zero-order valence-corrected chi connectivity index (χ0v) is 19.3. The summed E-state index contributed by atoms with van der Waals surface area (Å²) in [5.41, 5.74) is -0.486. The summed E-state index contributed by atoms with van der Waals surface area (Å²) in [6.45, 7) is -0.781. The summed E-state index contributed by atoms with van der Waals surface area (Å²) in [5, 5.41) is 0. The van der Waals surface area contributed by atoms with Crippen molar-refractivity contribution >= 4 is 17.7 Å². The van der Waals surface area contributed by atoms with Crippen LogP contribution in [0.4, 0.5) is 0 Å². The maximum absolute atomic E-state index is 13.5. The average Bonchev–Trinajstić information content (AvgIpc) is 2.92. The highest BCUT2D eigenvalue weighted by molar-refractivity contribution is 6.04. The first-order valence-electron chi connectivity index (χ1n) is 10.8. The molecule has 0 unspecified atom stereocenters. The first-order valence-corrected chi connectivity index (χ1v) is 10.8. The number of ether oxygens (including phenoxy) is 5. The van der Waals surface area contributed by atoms with Gasteiger partial charge in [0.25, 0.3) is 0 Å². The minimum absolute atomic E-state index is 0.116. The zero-order chi connectivity index (χ0) is 24.8. The molecule has 180 valence electrons. The molecule has 4 rings (SSSR count). The van der Waals surface area contributed by atoms with E-state index in [9.17, 15) is 14.4 Å². The second-order valence-electron chi connectivity index (χ2n) is 8.00. The third kappa shape index (κ3) is 5.11. The molecule has 0 fully saturated rings. The van der Waals surface area contributed by atoms with E-state index in [1.54, 1.807) is 72.8 Å². The van der Waals surface area contributed by atoms with Gasteiger partial charge in [-0.1, -0.05) is 12.1 Å². The summed E-state index contributed by atoms with van der Waals surface area (Å²) < 4.78 is 27.0. The third-order valence-electron chi connectivity index (χ3n) is 5.73. The van der Waals surface area contributed by atoms with Crippen LogP contribution in [0.2, 0.25) is 0 Å². The third-order valence-corrected chi connectivity index (χ3v) is 5.73. The number of fused-ring (bicyclic) bond motifs is 1. The lowest BCUT2D eigenvalue weighted by Gasteiger charge is -2.35. The smallest absolute Gasteiger partial charge is 0.338 e. The zero-order valence-electron chi connectivity index (χ0n) is 19.3. The number of Topliss-reactive ketones (excluding diaryl/α,β-unsaturated/α-hetero) is 1. The van der Waals surface area contributed by atoms with Crippen molar-refractivity contribution in [2.75, 3.05) is 34.0 Å². The Balaban J connectivity index is 1.53. The average molecular weight is 476 g/mol. The first kappa shape index (κ1) is 23.8. The monoisotopic (exact) mass is 476 g/mol. The fourth-order valence-electron chi connectivity index (χ4n) is 3.63. The fourth-order valence-corrected chi connectivity index (χ4v) is 3.63. The van der Waals surface area contributed by atoms with Gasteiger partial charge in [0.2, 0.25) is 0 Å². The number of esters is 2. The van der Waals surface area contributed by atoms with E-state index in [-0.39, 0.29) is 25.6 Å². The second kappa shape index (κ2) is 10.3. The van der Waals surface area contributed by atoms with Gasteiger partial charge in [-0.25, -0.2) is 9.59 Å². The van der Waals surface area contributed by atoms with E-state index in [2.05, 4.69) is 0 Å². The fraction of sp³-hybridized carbons (Fsp3) is 0.222. The molecule has 35 heavy (non-hydrogen) atoms. The van der Waals surface area contributed by atoms with Gasteiger partial charge in [0.1, 0.15) is 42.5 Å². The van der Waals surface area contributed by atoms with Crippen LogP contribution in [0.15, 0.2) is 72.8 Å². The Labute approximate surface area is 202 Å². The number of carbonyl (C=O) groups excluding carboxylic acids is 3. The summed E-state index contributed by atoms with van der Waals surface area (Å²) in [7, 11) is 3.05. The van der Waals surface area contributed by atoms with E-state index in [1.165, 1.54) is 14.2 Å². The molecule has 0 aromatic heterocycles. The Kier molecular flexibility index (Phi) is 7.01. The molecule has 1 heterocycles. The van der Waals surface area contributed by atoms with Gasteiger partial charge >= 0.3 is 11.9 Å². The lowest BCUT2D eigenvalue weighted by Crippen LogP contribution is -2.49. The van der Waals surface area contributed by atoms with Crippen LogP contribution in [-0.2, 0) is 9.47 Å². The van der Waals surface area contributed by atoms with Gasteiger partial charge in [0, 0.05) is 0 Å². The number of rotatable bonds is 8. The topological polar surface area (TPSA) is 97.4 Å². The minimum Gasteiger partial charge on any atom is -0.497 e. The number of hydrogen-bond acceptors (Lipinski definition) is 8. The maximum Gasteiger partial charge on any atom is 0.338 e. The molecule has 3 aromatic rings. The predicted octanol–water partition coefficient (Wildman–Crippen LogP) is 3.98. The van der Waals surface area contributed by atoms with Crippen LogP contribution in [0.3, 0.4) is 0 Å². The van der Waals surface area contributed by atoms with Crippen LogP contribution in [0, 0.1) is 5.41 Å². The highest BCUT2D eigenvalue weighted by atomic mass is 16.6. The maximum atomic E-state index is 13.5. The highest BCUT2D eigenvalue weighted by Crippen LogP contribution is 2.35. The number of hydrogen-bond donors (Lipinski definition) is 0. The molecule has 0 atom stereocenters. The molecule has 3 aromatic carbocycles. The SMILES string of the molecule is COc1ccc(C(=O)OCC2(COC(=O)c3ccc(OC)cc3)COc3ccccc3C2=O)cc1. The molecule has 0 aliphatic carbocycles. The Morgan fingerprint density at radius 1 is 0.771 bits per heavy atom. The molecule has 0 saturated carbocycles. The van der Waals surface area contributed by atoms with Crippen molar-refractivity contribution in [3.8, 4) is 17.2 Å². The number of ketones is 1. The van der Waals surface area contributed by atoms with E-state index >= 15 is 0 Å². The first-order chi connectivity index (χ1) is 17.0. The van der Waals surface area contributed by atoms with E-state index in [0.29, 0.717) is 33.9 Å². The van der Waals surface area contributed by atoms with Gasteiger partial charge in [-0.15, -0.1) is 0 Å². The quantitative estimate of drug-likeness (QED) is 0.451. The van der Waals surface area contributed by atoms with Crippen molar-refractivity contribution in [3.05, 3.63) is 89.5 Å². The minimum atomic E-state index is -1.40. The lowest BCUT2D eigenvalue weighted by molar-refractivity contribution is -0.0172. The van der Waals surface area contributed by atoms with Crippen molar-refractivity contribution in [2.45, 2.75) is 0 Å². The molecule has 1 aliphatic heterocycles. The molecule has 0 saturated heterocycles. The van der Waals surface area contributed by atoms with Crippen LogP contribution < -0.4 is 14.2 Å². The van der Waals surface area contributed by atoms with Crippen molar-refractivity contribution in [3.63, 3.8) is 0 Å². The predicted molar refractivity (Wildman–Crippen MR) is 125 cm³/mol. The van der Waals surface area contributed by atoms with Crippen molar-refractivity contribution in [1.82, 2.24) is 0 Å². The molecular formula is C27H24O8. The number of benzene rings is 3. The van der Waals surface area contributed by atoms with Crippen molar-refractivity contribution in [2.24, 2.45) is 5.41 Å². The summed E-state index contributed by atoms with van der Waals surface area (Å²) in [6.07, 6.45) is 0. The Morgan fingerprint density at radius 2 is 1.26 bits per heavy atom. The number of para-hydroxylation sites is 1. The molecule has 0 bridgehead atoms. The Bertz CT molecular complexity index is 1150. The molecule has 1 aliphatic rings. The van der Waals surface area contributed by atoms with Crippen LogP contribution >= 0.6 is 0 Å². The van der Waals surface area contributed by atoms with Crippen molar-refractivity contribution in [1.29, 1.82) is 0 Å². The van der Waals surface area contributed by atoms with Crippen LogP contribution in [0.25, 0.3) is 0 Å². The number of methoxy groups -OCH3 is 2. The van der Waals surface area contributed by atoms with Gasteiger partial charge in [0.05, 0.1) is 30.9 Å². The van der Waals surface area contributed by atoms with E-state index in [4.69, 9.17) is 23.7 Å². The standard InChI is InChI=1S/C27H24O8/c1-31-20-11-7-18(8-12-20)25(29)34-16-27(15-33-23-6-4-3-5-22(23)24(27)28)17-35-26(30)19-9-13-21(32-2)14-10-19/h3-14H,15-17H2,1-2H3. The van der Waals surface area contributed by atoms with Crippen LogP contribution in [0.1, 0.15) is 31.1 Å². The van der Waals surface area contributed by atoms with E-state index in [1.807, 2.05) is 0 Å². The van der Waals surface area contributed by atoms with Gasteiger partial charge in [-0.3, -0.25) is 4.79 Å². The molecule has 0 spiro atoms. The second-order valence-corrected chi connectivity index (χ2v) is 8.00. The molecule has 0 radical (unpaired) electrons. The van der Waals surface area contributed by atoms with Gasteiger partial charge in [-0.2, -0.15) is 0 Å². The largest absolute Gasteiger partial charge is 0.497 e.